The molecule has 1 amide bonds. The molecule has 0 aromatic carbocycles. The molecule has 0 fully saturated rings. The van der Waals surface area contributed by atoms with Gasteiger partial charge in [0, 0.05) is 19.2 Å². The Kier molecular flexibility index (Phi) is 19.0. The molecule has 0 aromatic heterocycles. The summed E-state index contributed by atoms with van der Waals surface area (Å²) in [5.74, 6) is 0.0947. The molecule has 140 valence electrons. The molecule has 0 aromatic rings. The van der Waals surface area contributed by atoms with Crippen LogP contribution >= 0.6 is 0 Å². The summed E-state index contributed by atoms with van der Waals surface area (Å²) in [7, 11) is 0. The number of rotatable bonds is 17. The van der Waals surface area contributed by atoms with E-state index in [-0.39, 0.29) is 5.91 Å². The lowest BCUT2D eigenvalue weighted by Crippen LogP contribution is -2.16. The Bertz CT molecular complexity index is 324. The second kappa shape index (κ2) is 20.0. The van der Waals surface area contributed by atoms with E-state index in [1.54, 1.807) is 12.3 Å². The van der Waals surface area contributed by atoms with Gasteiger partial charge in [-0.15, -0.1) is 0 Å². The number of amides is 1. The van der Waals surface area contributed by atoms with Crippen LogP contribution in [-0.2, 0) is 4.79 Å². The van der Waals surface area contributed by atoms with Crippen molar-refractivity contribution in [3.8, 4) is 0 Å². The molecule has 0 heterocycles. The van der Waals surface area contributed by atoms with Crippen molar-refractivity contribution in [2.75, 3.05) is 6.54 Å². The predicted molar refractivity (Wildman–Crippen MR) is 106 cm³/mol. The summed E-state index contributed by atoms with van der Waals surface area (Å²) in [6.45, 7) is 2.73. The quantitative estimate of drug-likeness (QED) is 0.268. The molecular formula is C21H40N2O. The second-order valence-corrected chi connectivity index (χ2v) is 6.54. The molecule has 3 heteroatoms. The van der Waals surface area contributed by atoms with Gasteiger partial charge in [0.1, 0.15) is 0 Å². The molecule has 24 heavy (non-hydrogen) atoms. The number of carbonyl (C=O) groups is 1. The topological polar surface area (TPSA) is 55.1 Å². The number of hydrogen-bond donors (Lipinski definition) is 2. The fraction of sp³-hybridized carbons (Fsp3) is 0.762. The number of unbranched alkanes of at least 4 members (excludes halogenated alkanes) is 11. The van der Waals surface area contributed by atoms with Crippen LogP contribution in [0.3, 0.4) is 0 Å². The van der Waals surface area contributed by atoms with E-state index in [1.165, 1.54) is 70.6 Å². The molecule has 0 atom stereocenters. The van der Waals surface area contributed by atoms with E-state index < -0.39 is 0 Å². The lowest BCUT2D eigenvalue weighted by molar-refractivity contribution is -0.120. The molecular weight excluding hydrogens is 296 g/mol. The Morgan fingerprint density at radius 1 is 0.792 bits per heavy atom. The average Bonchev–Trinajstić information content (AvgIpc) is 2.58. The zero-order valence-corrected chi connectivity index (χ0v) is 15.9. The number of allylic oxidation sites excluding steroid dienone is 2. The van der Waals surface area contributed by atoms with Gasteiger partial charge in [0.25, 0.3) is 0 Å². The zero-order chi connectivity index (χ0) is 17.7. The number of hydrogen-bond acceptors (Lipinski definition) is 2. The summed E-state index contributed by atoms with van der Waals surface area (Å²) < 4.78 is 0. The smallest absolute Gasteiger partial charge is 0.223 e. The van der Waals surface area contributed by atoms with Gasteiger partial charge < -0.3 is 11.1 Å². The predicted octanol–water partition coefficient (Wildman–Crippen LogP) is 5.61. The lowest BCUT2D eigenvalue weighted by Gasteiger charge is -2.01. The number of nitrogens with two attached hydrogens (primary N) is 1. The SMILES string of the molecule is CCCCCCCCC=CCCCCCCCC(=O)NC=CCN. The van der Waals surface area contributed by atoms with E-state index in [2.05, 4.69) is 24.4 Å². The highest BCUT2D eigenvalue weighted by atomic mass is 16.1. The van der Waals surface area contributed by atoms with Crippen molar-refractivity contribution >= 4 is 5.91 Å². The summed E-state index contributed by atoms with van der Waals surface area (Å²) in [5, 5.41) is 2.72. The summed E-state index contributed by atoms with van der Waals surface area (Å²) >= 11 is 0. The van der Waals surface area contributed by atoms with Gasteiger partial charge in [-0.25, -0.2) is 0 Å². The maximum atomic E-state index is 11.4. The zero-order valence-electron chi connectivity index (χ0n) is 15.9. The van der Waals surface area contributed by atoms with Crippen molar-refractivity contribution in [3.05, 3.63) is 24.4 Å². The standard InChI is InChI=1S/C21H40N2O/c1-2-3-4-5-6-7-8-9-10-11-12-13-14-15-16-18-21(24)23-20-17-19-22/h9-10,17,20H,2-8,11-16,18-19,22H2,1H3,(H,23,24). The minimum Gasteiger partial charge on any atom is -0.333 e. The van der Waals surface area contributed by atoms with Gasteiger partial charge in [-0.1, -0.05) is 76.5 Å². The number of carbonyl (C=O) groups excluding carboxylic acids is 1. The van der Waals surface area contributed by atoms with E-state index in [0.717, 1.165) is 12.8 Å². The Balaban J connectivity index is 3.20. The third-order valence-corrected chi connectivity index (χ3v) is 4.16. The molecule has 0 rings (SSSR count). The van der Waals surface area contributed by atoms with E-state index in [4.69, 9.17) is 5.73 Å². The first-order chi connectivity index (χ1) is 11.8. The average molecular weight is 337 g/mol. The highest BCUT2D eigenvalue weighted by molar-refractivity contribution is 5.76. The van der Waals surface area contributed by atoms with Crippen LogP contribution < -0.4 is 11.1 Å². The van der Waals surface area contributed by atoms with Crippen LogP contribution in [0.4, 0.5) is 0 Å². The van der Waals surface area contributed by atoms with Crippen LogP contribution in [-0.4, -0.2) is 12.5 Å². The summed E-state index contributed by atoms with van der Waals surface area (Å²) in [6.07, 6.45) is 25.4. The van der Waals surface area contributed by atoms with E-state index in [1.807, 2.05) is 0 Å². The van der Waals surface area contributed by atoms with Gasteiger partial charge in [0.2, 0.25) is 5.91 Å². The fourth-order valence-electron chi connectivity index (χ4n) is 2.65. The first-order valence-corrected chi connectivity index (χ1v) is 10.1. The van der Waals surface area contributed by atoms with Gasteiger partial charge in [0.15, 0.2) is 0 Å². The van der Waals surface area contributed by atoms with Crippen LogP contribution in [0.2, 0.25) is 0 Å². The highest BCUT2D eigenvalue weighted by Crippen LogP contribution is 2.09. The normalized spacial score (nSPS) is 11.6. The second-order valence-electron chi connectivity index (χ2n) is 6.54. The monoisotopic (exact) mass is 336 g/mol. The van der Waals surface area contributed by atoms with Gasteiger partial charge in [-0.3, -0.25) is 4.79 Å². The molecule has 3 nitrogen and oxygen atoms in total. The first kappa shape index (κ1) is 22.9. The van der Waals surface area contributed by atoms with Gasteiger partial charge >= 0.3 is 0 Å². The minimum atomic E-state index is 0.0947. The maximum Gasteiger partial charge on any atom is 0.223 e. The lowest BCUT2D eigenvalue weighted by atomic mass is 10.1. The summed E-state index contributed by atoms with van der Waals surface area (Å²) in [4.78, 5) is 11.4. The molecule has 0 spiro atoms. The number of nitrogens with one attached hydrogen (secondary N) is 1. The third kappa shape index (κ3) is 19.0. The van der Waals surface area contributed by atoms with Gasteiger partial charge in [-0.2, -0.15) is 0 Å². The molecule has 0 unspecified atom stereocenters. The minimum absolute atomic E-state index is 0.0947. The molecule has 0 bridgehead atoms. The first-order valence-electron chi connectivity index (χ1n) is 10.1. The van der Waals surface area contributed by atoms with E-state index in [0.29, 0.717) is 13.0 Å². The Hall–Kier alpha value is -1.09. The summed E-state index contributed by atoms with van der Waals surface area (Å²) in [6, 6.07) is 0. The molecule has 0 radical (unpaired) electrons. The molecule has 0 saturated heterocycles. The van der Waals surface area contributed by atoms with Gasteiger partial charge in [0.05, 0.1) is 0 Å². The van der Waals surface area contributed by atoms with Crippen LogP contribution in [0.25, 0.3) is 0 Å². The molecule has 0 aliphatic carbocycles. The van der Waals surface area contributed by atoms with Crippen LogP contribution in [0.1, 0.15) is 96.8 Å². The van der Waals surface area contributed by atoms with E-state index in [9.17, 15) is 4.79 Å². The Morgan fingerprint density at radius 3 is 1.92 bits per heavy atom. The van der Waals surface area contributed by atoms with Crippen molar-refractivity contribution in [1.82, 2.24) is 5.32 Å². The third-order valence-electron chi connectivity index (χ3n) is 4.16. The van der Waals surface area contributed by atoms with Crippen LogP contribution in [0.15, 0.2) is 24.4 Å². The largest absolute Gasteiger partial charge is 0.333 e. The Labute approximate surface area is 150 Å². The maximum absolute atomic E-state index is 11.4. The van der Waals surface area contributed by atoms with Gasteiger partial charge in [-0.05, 0) is 32.1 Å². The highest BCUT2D eigenvalue weighted by Gasteiger charge is 1.98. The molecule has 0 saturated carbocycles. The Morgan fingerprint density at radius 2 is 1.33 bits per heavy atom. The van der Waals surface area contributed by atoms with Crippen molar-refractivity contribution in [1.29, 1.82) is 0 Å². The molecule has 0 aliphatic heterocycles. The van der Waals surface area contributed by atoms with Crippen molar-refractivity contribution in [3.63, 3.8) is 0 Å². The van der Waals surface area contributed by atoms with E-state index >= 15 is 0 Å². The molecule has 3 N–H and O–H groups in total. The van der Waals surface area contributed by atoms with Crippen molar-refractivity contribution < 1.29 is 4.79 Å². The molecule has 0 aliphatic rings. The van der Waals surface area contributed by atoms with Crippen LogP contribution in [0, 0.1) is 0 Å². The fourth-order valence-corrected chi connectivity index (χ4v) is 2.65. The van der Waals surface area contributed by atoms with Crippen molar-refractivity contribution in [2.45, 2.75) is 96.8 Å². The summed E-state index contributed by atoms with van der Waals surface area (Å²) in [5.41, 5.74) is 5.31. The van der Waals surface area contributed by atoms with Crippen LogP contribution in [0.5, 0.6) is 0 Å². The van der Waals surface area contributed by atoms with Crippen molar-refractivity contribution in [2.24, 2.45) is 5.73 Å².